The number of likely N-dealkylation sites (tertiary alicyclic amines) is 1. The molecule has 4 nitrogen and oxygen atoms in total. The molecule has 0 aliphatic carbocycles. The van der Waals surface area contributed by atoms with Crippen LogP contribution in [0.3, 0.4) is 0 Å². The van der Waals surface area contributed by atoms with Crippen molar-refractivity contribution in [1.29, 1.82) is 0 Å². The average Bonchev–Trinajstić information content (AvgIpc) is 2.47. The Hall–Kier alpha value is -1.43. The van der Waals surface area contributed by atoms with Gasteiger partial charge < -0.3 is 10.0 Å². The number of carboxylic acids is 1. The van der Waals surface area contributed by atoms with E-state index in [0.717, 1.165) is 12.8 Å². The quantitative estimate of drug-likeness (QED) is 0.899. The molecule has 1 aliphatic rings. The van der Waals surface area contributed by atoms with Crippen molar-refractivity contribution in [3.63, 3.8) is 0 Å². The molecule has 1 atom stereocenters. The number of aliphatic carboxylic acids is 1. The molecule has 1 amide bonds. The highest BCUT2D eigenvalue weighted by molar-refractivity contribution is 9.10. The lowest BCUT2D eigenvalue weighted by Crippen LogP contribution is -2.40. The van der Waals surface area contributed by atoms with Crippen LogP contribution in [-0.2, 0) is 4.79 Å². The van der Waals surface area contributed by atoms with Crippen LogP contribution in [-0.4, -0.2) is 35.0 Å². The number of nitrogens with zero attached hydrogens (tertiary/aromatic N) is 1. The molecule has 2 rings (SSSR count). The Balaban J connectivity index is 2.05. The van der Waals surface area contributed by atoms with Crippen molar-refractivity contribution in [2.75, 3.05) is 13.1 Å². The number of rotatable bonds is 4. The molecule has 1 aromatic rings. The van der Waals surface area contributed by atoms with Crippen molar-refractivity contribution in [2.24, 2.45) is 5.92 Å². The zero-order valence-corrected chi connectivity index (χ0v) is 13.1. The summed E-state index contributed by atoms with van der Waals surface area (Å²) in [5.41, 5.74) is 0.314. The molecule has 0 bridgehead atoms. The number of carbonyl (C=O) groups excluding carboxylic acids is 1. The van der Waals surface area contributed by atoms with E-state index in [1.165, 1.54) is 18.2 Å². The number of amides is 1. The normalized spacial score (nSPS) is 18.6. The second-order valence-electron chi connectivity index (χ2n) is 5.32. The maximum atomic E-state index is 13.3. The number of benzene rings is 1. The van der Waals surface area contributed by atoms with Crippen LogP contribution in [0, 0.1) is 11.7 Å². The Kier molecular flexibility index (Phi) is 5.33. The summed E-state index contributed by atoms with van der Waals surface area (Å²) in [5.74, 6) is -1.26. The third kappa shape index (κ3) is 4.27. The van der Waals surface area contributed by atoms with E-state index in [9.17, 15) is 14.0 Å². The monoisotopic (exact) mass is 357 g/mol. The minimum Gasteiger partial charge on any atom is -0.481 e. The molecule has 0 radical (unpaired) electrons. The molecule has 21 heavy (non-hydrogen) atoms. The largest absolute Gasteiger partial charge is 0.481 e. The second kappa shape index (κ2) is 7.02. The number of hydrogen-bond donors (Lipinski definition) is 1. The molecule has 1 aromatic carbocycles. The summed E-state index contributed by atoms with van der Waals surface area (Å²) in [6.45, 7) is 1.17. The van der Waals surface area contributed by atoms with Gasteiger partial charge in [-0.1, -0.05) is 0 Å². The number of halogens is 2. The fraction of sp³-hybridized carbons (Fsp3) is 0.467. The molecule has 0 aromatic heterocycles. The van der Waals surface area contributed by atoms with Crippen LogP contribution < -0.4 is 0 Å². The number of carboxylic acid groups (broad SMARTS) is 1. The molecule has 1 aliphatic heterocycles. The first kappa shape index (κ1) is 15.9. The standard InChI is InChI=1S/C15H17BrFNO3/c16-13-5-4-11(17)8-12(13)15(21)18-7-1-2-10(9-18)3-6-14(19)20/h4-5,8,10H,1-3,6-7,9H2,(H,19,20). The molecule has 1 heterocycles. The highest BCUT2D eigenvalue weighted by Crippen LogP contribution is 2.25. The molecule has 6 heteroatoms. The van der Waals surface area contributed by atoms with E-state index in [4.69, 9.17) is 5.11 Å². The summed E-state index contributed by atoms with van der Waals surface area (Å²) in [6.07, 6.45) is 2.48. The Labute approximate surface area is 131 Å². The molecule has 1 N–H and O–H groups in total. The van der Waals surface area contributed by atoms with Gasteiger partial charge in [0, 0.05) is 24.0 Å². The van der Waals surface area contributed by atoms with Crippen LogP contribution in [0.4, 0.5) is 4.39 Å². The Morgan fingerprint density at radius 2 is 2.19 bits per heavy atom. The van der Waals surface area contributed by atoms with Gasteiger partial charge in [0.25, 0.3) is 5.91 Å². The SMILES string of the molecule is O=C(O)CCC1CCCN(C(=O)c2cc(F)ccc2Br)C1. The molecule has 114 valence electrons. The van der Waals surface area contributed by atoms with E-state index in [1.807, 2.05) is 0 Å². The summed E-state index contributed by atoms with van der Waals surface area (Å²) < 4.78 is 13.9. The summed E-state index contributed by atoms with van der Waals surface area (Å²) in [4.78, 5) is 24.8. The van der Waals surface area contributed by atoms with E-state index in [1.54, 1.807) is 4.90 Å². The van der Waals surface area contributed by atoms with Gasteiger partial charge >= 0.3 is 5.97 Å². The van der Waals surface area contributed by atoms with Gasteiger partial charge in [0.05, 0.1) is 5.56 Å². The lowest BCUT2D eigenvalue weighted by Gasteiger charge is -2.33. The van der Waals surface area contributed by atoms with Crippen LogP contribution in [0.1, 0.15) is 36.0 Å². The lowest BCUT2D eigenvalue weighted by molar-refractivity contribution is -0.137. The minimum atomic E-state index is -0.814. The molecule has 0 saturated carbocycles. The van der Waals surface area contributed by atoms with Gasteiger partial charge in [0.2, 0.25) is 0 Å². The zero-order valence-electron chi connectivity index (χ0n) is 11.5. The van der Waals surface area contributed by atoms with Crippen molar-refractivity contribution < 1.29 is 19.1 Å². The van der Waals surface area contributed by atoms with Crippen molar-refractivity contribution >= 4 is 27.8 Å². The Morgan fingerprint density at radius 1 is 1.43 bits per heavy atom. The van der Waals surface area contributed by atoms with Gasteiger partial charge in [-0.3, -0.25) is 9.59 Å². The van der Waals surface area contributed by atoms with Crippen molar-refractivity contribution in [1.82, 2.24) is 4.90 Å². The van der Waals surface area contributed by atoms with Gasteiger partial charge in [0.1, 0.15) is 5.82 Å². The number of hydrogen-bond acceptors (Lipinski definition) is 2. The van der Waals surface area contributed by atoms with E-state index in [0.29, 0.717) is 29.5 Å². The molecule has 1 fully saturated rings. The number of carbonyl (C=O) groups is 2. The first-order valence-corrected chi connectivity index (χ1v) is 7.73. The van der Waals surface area contributed by atoms with Gasteiger partial charge in [-0.2, -0.15) is 0 Å². The molecule has 1 unspecified atom stereocenters. The third-order valence-corrected chi connectivity index (χ3v) is 4.42. The second-order valence-corrected chi connectivity index (χ2v) is 6.17. The van der Waals surface area contributed by atoms with Gasteiger partial charge in [-0.15, -0.1) is 0 Å². The minimum absolute atomic E-state index is 0.121. The van der Waals surface area contributed by atoms with E-state index < -0.39 is 11.8 Å². The van der Waals surface area contributed by atoms with Gasteiger partial charge in [-0.25, -0.2) is 4.39 Å². The smallest absolute Gasteiger partial charge is 0.303 e. The molecular formula is C15H17BrFNO3. The van der Waals surface area contributed by atoms with Gasteiger partial charge in [-0.05, 0) is 59.3 Å². The first-order valence-electron chi connectivity index (χ1n) is 6.93. The van der Waals surface area contributed by atoms with Crippen LogP contribution in [0.2, 0.25) is 0 Å². The Morgan fingerprint density at radius 3 is 2.90 bits per heavy atom. The van der Waals surface area contributed by atoms with Gasteiger partial charge in [0.15, 0.2) is 0 Å². The molecule has 0 spiro atoms. The summed E-state index contributed by atoms with van der Waals surface area (Å²) in [7, 11) is 0. The summed E-state index contributed by atoms with van der Waals surface area (Å²) in [5, 5.41) is 8.74. The first-order chi connectivity index (χ1) is 9.97. The molecular weight excluding hydrogens is 341 g/mol. The average molecular weight is 358 g/mol. The highest BCUT2D eigenvalue weighted by Gasteiger charge is 2.26. The maximum absolute atomic E-state index is 13.3. The van der Waals surface area contributed by atoms with E-state index in [-0.39, 0.29) is 18.2 Å². The van der Waals surface area contributed by atoms with Crippen molar-refractivity contribution in [3.8, 4) is 0 Å². The van der Waals surface area contributed by atoms with Crippen LogP contribution >= 0.6 is 15.9 Å². The zero-order chi connectivity index (χ0) is 15.4. The van der Waals surface area contributed by atoms with Crippen molar-refractivity contribution in [2.45, 2.75) is 25.7 Å². The fourth-order valence-corrected chi connectivity index (χ4v) is 3.06. The third-order valence-electron chi connectivity index (χ3n) is 3.73. The Bertz CT molecular complexity index is 550. The predicted octanol–water partition coefficient (Wildman–Crippen LogP) is 3.31. The highest BCUT2D eigenvalue weighted by atomic mass is 79.9. The van der Waals surface area contributed by atoms with Crippen LogP contribution in [0.25, 0.3) is 0 Å². The van der Waals surface area contributed by atoms with Crippen LogP contribution in [0.5, 0.6) is 0 Å². The lowest BCUT2D eigenvalue weighted by atomic mass is 9.93. The predicted molar refractivity (Wildman–Crippen MR) is 79.6 cm³/mol. The molecule has 1 saturated heterocycles. The fourth-order valence-electron chi connectivity index (χ4n) is 2.64. The van der Waals surface area contributed by atoms with Crippen molar-refractivity contribution in [3.05, 3.63) is 34.1 Å². The van der Waals surface area contributed by atoms with Crippen LogP contribution in [0.15, 0.2) is 22.7 Å². The summed E-state index contributed by atoms with van der Waals surface area (Å²) >= 11 is 3.27. The summed E-state index contributed by atoms with van der Waals surface area (Å²) in [6, 6.07) is 4.05. The maximum Gasteiger partial charge on any atom is 0.303 e. The van der Waals surface area contributed by atoms with E-state index in [2.05, 4.69) is 15.9 Å². The van der Waals surface area contributed by atoms with E-state index >= 15 is 0 Å². The topological polar surface area (TPSA) is 57.6 Å². The number of piperidine rings is 1.